The van der Waals surface area contributed by atoms with E-state index in [1.807, 2.05) is 11.5 Å². The van der Waals surface area contributed by atoms with Gasteiger partial charge in [0.1, 0.15) is 0 Å². The summed E-state index contributed by atoms with van der Waals surface area (Å²) in [6.07, 6.45) is 6.74. The van der Waals surface area contributed by atoms with E-state index in [4.69, 9.17) is 6.42 Å². The predicted octanol–water partition coefficient (Wildman–Crippen LogP) is 3.18. The summed E-state index contributed by atoms with van der Waals surface area (Å²) in [5, 5.41) is 0. The van der Waals surface area contributed by atoms with Crippen LogP contribution in [0.15, 0.2) is 17.1 Å². The standard InChI is InChI=1S/C16H18N2OS/c1-5-7-14(19)17-16-18(8-6-2)15-12(4)9-11(3)10-13(15)20-16/h2,9-10H,5,7-8H2,1,3-4H3. The van der Waals surface area contributed by atoms with Gasteiger partial charge in [0.25, 0.3) is 0 Å². The van der Waals surface area contributed by atoms with Crippen molar-refractivity contribution in [2.24, 2.45) is 4.99 Å². The van der Waals surface area contributed by atoms with Crippen molar-refractivity contribution in [3.8, 4) is 12.3 Å². The van der Waals surface area contributed by atoms with Crippen LogP contribution in [0, 0.1) is 26.2 Å². The van der Waals surface area contributed by atoms with Crippen molar-refractivity contribution in [2.75, 3.05) is 0 Å². The van der Waals surface area contributed by atoms with Crippen LogP contribution in [0.3, 0.4) is 0 Å². The topological polar surface area (TPSA) is 34.4 Å². The molecule has 20 heavy (non-hydrogen) atoms. The van der Waals surface area contributed by atoms with Gasteiger partial charge in [-0.15, -0.1) is 6.42 Å². The molecule has 0 unspecified atom stereocenters. The van der Waals surface area contributed by atoms with Crippen LogP contribution in [-0.2, 0) is 11.3 Å². The molecule has 1 aromatic heterocycles. The van der Waals surface area contributed by atoms with Crippen molar-refractivity contribution in [2.45, 2.75) is 40.2 Å². The number of hydrogen-bond acceptors (Lipinski definition) is 2. The fourth-order valence-electron chi connectivity index (χ4n) is 2.29. The first-order valence-electron chi connectivity index (χ1n) is 6.68. The van der Waals surface area contributed by atoms with E-state index < -0.39 is 0 Å². The number of fused-ring (bicyclic) bond motifs is 1. The number of carbonyl (C=O) groups excluding carboxylic acids is 1. The average Bonchev–Trinajstić information content (AvgIpc) is 2.68. The third kappa shape index (κ3) is 2.83. The third-order valence-corrected chi connectivity index (χ3v) is 4.07. The molecule has 0 radical (unpaired) electrons. The molecule has 1 aromatic carbocycles. The lowest BCUT2D eigenvalue weighted by molar-refractivity contribution is -0.118. The summed E-state index contributed by atoms with van der Waals surface area (Å²) in [6, 6.07) is 4.24. The van der Waals surface area contributed by atoms with E-state index in [0.717, 1.165) is 22.2 Å². The fourth-order valence-corrected chi connectivity index (χ4v) is 3.51. The van der Waals surface area contributed by atoms with Crippen molar-refractivity contribution in [3.05, 3.63) is 28.1 Å². The summed E-state index contributed by atoms with van der Waals surface area (Å²) in [5.41, 5.74) is 3.45. The third-order valence-electron chi connectivity index (χ3n) is 3.05. The molecule has 2 aromatic rings. The zero-order valence-electron chi connectivity index (χ0n) is 12.1. The molecule has 0 bridgehead atoms. The first kappa shape index (κ1) is 14.5. The second-order valence-electron chi connectivity index (χ2n) is 4.86. The van der Waals surface area contributed by atoms with Gasteiger partial charge in [-0.1, -0.05) is 30.2 Å². The Morgan fingerprint density at radius 2 is 2.20 bits per heavy atom. The Balaban J connectivity index is 2.72. The molecule has 104 valence electrons. The molecule has 1 amide bonds. The number of rotatable bonds is 3. The first-order chi connectivity index (χ1) is 9.56. The Labute approximate surface area is 123 Å². The Kier molecular flexibility index (Phi) is 4.41. The van der Waals surface area contributed by atoms with Crippen molar-refractivity contribution in [1.82, 2.24) is 4.57 Å². The van der Waals surface area contributed by atoms with Crippen LogP contribution in [-0.4, -0.2) is 10.5 Å². The lowest BCUT2D eigenvalue weighted by Crippen LogP contribution is -2.16. The Bertz CT molecular complexity index is 759. The van der Waals surface area contributed by atoms with Crippen molar-refractivity contribution >= 4 is 27.5 Å². The van der Waals surface area contributed by atoms with E-state index in [2.05, 4.69) is 36.9 Å². The summed E-state index contributed by atoms with van der Waals surface area (Å²) in [4.78, 5) is 16.7. The summed E-state index contributed by atoms with van der Waals surface area (Å²) in [7, 11) is 0. The van der Waals surface area contributed by atoms with Gasteiger partial charge in [0.2, 0.25) is 5.91 Å². The van der Waals surface area contributed by atoms with Crippen LogP contribution in [0.1, 0.15) is 30.9 Å². The maximum atomic E-state index is 11.8. The largest absolute Gasteiger partial charge is 0.304 e. The highest BCUT2D eigenvalue weighted by molar-refractivity contribution is 7.16. The predicted molar refractivity (Wildman–Crippen MR) is 83.6 cm³/mol. The number of nitrogens with zero attached hydrogens (tertiary/aromatic N) is 2. The van der Waals surface area contributed by atoms with Gasteiger partial charge in [-0.25, -0.2) is 0 Å². The van der Waals surface area contributed by atoms with Gasteiger partial charge in [-0.05, 0) is 37.5 Å². The van der Waals surface area contributed by atoms with Gasteiger partial charge in [-0.2, -0.15) is 4.99 Å². The van der Waals surface area contributed by atoms with E-state index in [9.17, 15) is 4.79 Å². The molecule has 1 heterocycles. The second kappa shape index (κ2) is 6.06. The van der Waals surface area contributed by atoms with Gasteiger partial charge in [-0.3, -0.25) is 4.79 Å². The highest BCUT2D eigenvalue weighted by Crippen LogP contribution is 2.23. The van der Waals surface area contributed by atoms with E-state index >= 15 is 0 Å². The fraction of sp³-hybridized carbons (Fsp3) is 0.375. The van der Waals surface area contributed by atoms with E-state index in [1.165, 1.54) is 16.9 Å². The molecule has 0 aliphatic rings. The molecule has 0 aliphatic heterocycles. The zero-order chi connectivity index (χ0) is 14.7. The molecule has 0 saturated heterocycles. The molecule has 4 heteroatoms. The van der Waals surface area contributed by atoms with Crippen LogP contribution < -0.4 is 4.80 Å². The SMILES string of the molecule is C#CCn1c(=NC(=O)CCC)sc2cc(C)cc(C)c21. The number of carbonyl (C=O) groups is 1. The molecule has 2 rings (SSSR count). The minimum atomic E-state index is -0.0841. The molecule has 0 atom stereocenters. The van der Waals surface area contributed by atoms with Crippen LogP contribution >= 0.6 is 11.3 Å². The minimum absolute atomic E-state index is 0.0841. The summed E-state index contributed by atoms with van der Waals surface area (Å²) in [5.74, 6) is 2.56. The van der Waals surface area contributed by atoms with Crippen molar-refractivity contribution in [3.63, 3.8) is 0 Å². The number of terminal acetylenes is 1. The van der Waals surface area contributed by atoms with Crippen LogP contribution in [0.2, 0.25) is 0 Å². The molecule has 0 fully saturated rings. The van der Waals surface area contributed by atoms with Gasteiger partial charge >= 0.3 is 0 Å². The molecular formula is C16H18N2OS. The van der Waals surface area contributed by atoms with Crippen LogP contribution in [0.25, 0.3) is 10.2 Å². The molecule has 3 nitrogen and oxygen atoms in total. The number of aromatic nitrogens is 1. The molecular weight excluding hydrogens is 268 g/mol. The zero-order valence-corrected chi connectivity index (χ0v) is 12.9. The highest BCUT2D eigenvalue weighted by atomic mass is 32.1. The van der Waals surface area contributed by atoms with Crippen LogP contribution in [0.5, 0.6) is 0 Å². The van der Waals surface area contributed by atoms with Gasteiger partial charge in [0, 0.05) is 6.42 Å². The number of hydrogen-bond donors (Lipinski definition) is 0. The molecule has 0 aliphatic carbocycles. The average molecular weight is 286 g/mol. The Hall–Kier alpha value is -1.86. The lowest BCUT2D eigenvalue weighted by atomic mass is 10.1. The molecule has 0 saturated carbocycles. The van der Waals surface area contributed by atoms with Gasteiger partial charge in [0.15, 0.2) is 4.80 Å². The number of thiazole rings is 1. The quantitative estimate of drug-likeness (QED) is 0.798. The smallest absolute Gasteiger partial charge is 0.248 e. The summed E-state index contributed by atoms with van der Waals surface area (Å²) in [6.45, 7) is 6.53. The maximum absolute atomic E-state index is 11.8. The number of amides is 1. The number of aryl methyl sites for hydroxylation is 2. The molecule has 0 N–H and O–H groups in total. The van der Waals surface area contributed by atoms with Gasteiger partial charge in [0.05, 0.1) is 16.8 Å². The van der Waals surface area contributed by atoms with E-state index in [0.29, 0.717) is 17.8 Å². The Morgan fingerprint density at radius 1 is 1.45 bits per heavy atom. The normalized spacial score (nSPS) is 11.8. The number of benzene rings is 1. The second-order valence-corrected chi connectivity index (χ2v) is 5.87. The lowest BCUT2D eigenvalue weighted by Gasteiger charge is -2.04. The summed E-state index contributed by atoms with van der Waals surface area (Å²) >= 11 is 1.53. The monoisotopic (exact) mass is 286 g/mol. The maximum Gasteiger partial charge on any atom is 0.248 e. The van der Waals surface area contributed by atoms with Gasteiger partial charge < -0.3 is 4.57 Å². The minimum Gasteiger partial charge on any atom is -0.304 e. The van der Waals surface area contributed by atoms with E-state index in [-0.39, 0.29) is 5.91 Å². The molecule has 0 spiro atoms. The van der Waals surface area contributed by atoms with E-state index in [1.54, 1.807) is 0 Å². The first-order valence-corrected chi connectivity index (χ1v) is 7.50. The van der Waals surface area contributed by atoms with Crippen molar-refractivity contribution in [1.29, 1.82) is 0 Å². The summed E-state index contributed by atoms with van der Waals surface area (Å²) < 4.78 is 3.09. The Morgan fingerprint density at radius 3 is 2.85 bits per heavy atom. The highest BCUT2D eigenvalue weighted by Gasteiger charge is 2.10. The van der Waals surface area contributed by atoms with Crippen molar-refractivity contribution < 1.29 is 4.79 Å². The van der Waals surface area contributed by atoms with Crippen LogP contribution in [0.4, 0.5) is 0 Å².